The highest BCUT2D eigenvalue weighted by molar-refractivity contribution is 5.79. The maximum Gasteiger partial charge on any atom is 0.150 e. The van der Waals surface area contributed by atoms with Crippen molar-refractivity contribution in [2.45, 2.75) is 26.2 Å². The van der Waals surface area contributed by atoms with E-state index in [0.717, 1.165) is 17.4 Å². The van der Waals surface area contributed by atoms with Crippen LogP contribution in [0.5, 0.6) is 0 Å². The van der Waals surface area contributed by atoms with Gasteiger partial charge in [-0.15, -0.1) is 0 Å². The molecule has 0 unspecified atom stereocenters. The van der Waals surface area contributed by atoms with Crippen LogP contribution in [0.4, 0.5) is 5.69 Å². The van der Waals surface area contributed by atoms with Crippen LogP contribution in [0.25, 0.3) is 11.1 Å². The van der Waals surface area contributed by atoms with Gasteiger partial charge < -0.3 is 4.90 Å². The molecule has 2 aromatic carbocycles. The lowest BCUT2D eigenvalue weighted by molar-refractivity contribution is 0.112. The van der Waals surface area contributed by atoms with Crippen LogP contribution >= 0.6 is 0 Å². The molecule has 0 bridgehead atoms. The monoisotopic (exact) mass is 279 g/mol. The van der Waals surface area contributed by atoms with Gasteiger partial charge in [-0.3, -0.25) is 4.79 Å². The third kappa shape index (κ3) is 2.99. The van der Waals surface area contributed by atoms with Gasteiger partial charge in [-0.25, -0.2) is 0 Å². The quantitative estimate of drug-likeness (QED) is 0.773. The number of anilines is 1. The molecular formula is C19H21NO. The Kier molecular flexibility index (Phi) is 4.05. The number of hydrogen-bond acceptors (Lipinski definition) is 2. The first-order valence-electron chi connectivity index (χ1n) is 7.69. The molecule has 1 aliphatic rings. The van der Waals surface area contributed by atoms with Crippen LogP contribution < -0.4 is 4.90 Å². The normalized spacial score (nSPS) is 15.0. The average molecular weight is 279 g/mol. The van der Waals surface area contributed by atoms with Crippen molar-refractivity contribution in [3.05, 3.63) is 53.6 Å². The summed E-state index contributed by atoms with van der Waals surface area (Å²) in [6.07, 6.45) is 4.86. The molecule has 0 saturated carbocycles. The van der Waals surface area contributed by atoms with Crippen LogP contribution in [0.2, 0.25) is 0 Å². The zero-order valence-electron chi connectivity index (χ0n) is 12.5. The number of carbonyl (C=O) groups excluding carboxylic acids is 1. The fourth-order valence-corrected chi connectivity index (χ4v) is 3.09. The molecule has 2 nitrogen and oxygen atoms in total. The molecule has 21 heavy (non-hydrogen) atoms. The largest absolute Gasteiger partial charge is 0.372 e. The summed E-state index contributed by atoms with van der Waals surface area (Å²) in [6, 6.07) is 14.7. The van der Waals surface area contributed by atoms with Gasteiger partial charge in [-0.2, -0.15) is 0 Å². The highest BCUT2D eigenvalue weighted by atomic mass is 16.1. The number of piperidine rings is 1. The molecule has 0 spiro atoms. The lowest BCUT2D eigenvalue weighted by atomic mass is 9.98. The Balaban J connectivity index is 1.85. The van der Waals surface area contributed by atoms with E-state index in [0.29, 0.717) is 0 Å². The van der Waals surface area contributed by atoms with E-state index < -0.39 is 0 Å². The van der Waals surface area contributed by atoms with Gasteiger partial charge in [0.15, 0.2) is 0 Å². The molecule has 0 N–H and O–H groups in total. The van der Waals surface area contributed by atoms with Gasteiger partial charge >= 0.3 is 0 Å². The summed E-state index contributed by atoms with van der Waals surface area (Å²) in [6.45, 7) is 4.40. The summed E-state index contributed by atoms with van der Waals surface area (Å²) in [7, 11) is 0. The van der Waals surface area contributed by atoms with Gasteiger partial charge in [0.25, 0.3) is 0 Å². The van der Waals surface area contributed by atoms with Crippen molar-refractivity contribution < 1.29 is 4.79 Å². The lowest BCUT2D eigenvalue weighted by Crippen LogP contribution is -2.29. The zero-order chi connectivity index (χ0) is 14.7. The van der Waals surface area contributed by atoms with Gasteiger partial charge in [0.05, 0.1) is 0 Å². The van der Waals surface area contributed by atoms with Crippen LogP contribution in [0.3, 0.4) is 0 Å². The van der Waals surface area contributed by atoms with Gasteiger partial charge in [0, 0.05) is 24.3 Å². The summed E-state index contributed by atoms with van der Waals surface area (Å²) in [5.41, 5.74) is 5.61. The van der Waals surface area contributed by atoms with E-state index in [-0.39, 0.29) is 0 Å². The molecule has 2 aromatic rings. The van der Waals surface area contributed by atoms with Crippen molar-refractivity contribution in [2.75, 3.05) is 18.0 Å². The SMILES string of the molecule is Cc1cc(C=O)ccc1-c1ccc(N2CCCCC2)cc1. The van der Waals surface area contributed by atoms with Crippen LogP contribution in [0.15, 0.2) is 42.5 Å². The third-order valence-electron chi connectivity index (χ3n) is 4.29. The fourth-order valence-electron chi connectivity index (χ4n) is 3.09. The molecule has 1 fully saturated rings. The van der Waals surface area contributed by atoms with E-state index in [2.05, 4.69) is 36.1 Å². The van der Waals surface area contributed by atoms with Crippen molar-refractivity contribution in [3.63, 3.8) is 0 Å². The molecule has 1 saturated heterocycles. The van der Waals surface area contributed by atoms with E-state index in [9.17, 15) is 4.79 Å². The smallest absolute Gasteiger partial charge is 0.150 e. The number of hydrogen-bond donors (Lipinski definition) is 0. The minimum absolute atomic E-state index is 0.737. The maximum absolute atomic E-state index is 10.8. The second-order valence-electron chi connectivity index (χ2n) is 5.79. The Labute approximate surface area is 126 Å². The van der Waals surface area contributed by atoms with Gasteiger partial charge in [0.2, 0.25) is 0 Å². The maximum atomic E-state index is 10.8. The summed E-state index contributed by atoms with van der Waals surface area (Å²) >= 11 is 0. The first kappa shape index (κ1) is 13.9. The second kappa shape index (κ2) is 6.13. The molecular weight excluding hydrogens is 258 g/mol. The minimum atomic E-state index is 0.737. The fraction of sp³-hybridized carbons (Fsp3) is 0.316. The van der Waals surface area contributed by atoms with Crippen molar-refractivity contribution >= 4 is 12.0 Å². The molecule has 0 amide bonds. The number of aldehydes is 1. The molecule has 0 radical (unpaired) electrons. The van der Waals surface area contributed by atoms with Crippen LogP contribution in [0, 0.1) is 6.92 Å². The van der Waals surface area contributed by atoms with Crippen molar-refractivity contribution in [2.24, 2.45) is 0 Å². The van der Waals surface area contributed by atoms with Gasteiger partial charge in [-0.1, -0.05) is 24.3 Å². The van der Waals surface area contributed by atoms with Crippen molar-refractivity contribution in [1.29, 1.82) is 0 Å². The Hall–Kier alpha value is -2.09. The van der Waals surface area contributed by atoms with E-state index in [1.165, 1.54) is 49.2 Å². The van der Waals surface area contributed by atoms with Crippen molar-refractivity contribution in [3.8, 4) is 11.1 Å². The van der Waals surface area contributed by atoms with E-state index in [1.54, 1.807) is 0 Å². The third-order valence-corrected chi connectivity index (χ3v) is 4.29. The Morgan fingerprint density at radius 3 is 2.29 bits per heavy atom. The standard InChI is InChI=1S/C19H21NO/c1-15-13-16(14-21)5-10-19(15)17-6-8-18(9-7-17)20-11-3-2-4-12-20/h5-10,13-14H,2-4,11-12H2,1H3. The molecule has 1 aliphatic heterocycles. The predicted octanol–water partition coefficient (Wildman–Crippen LogP) is 4.46. The Morgan fingerprint density at radius 1 is 0.952 bits per heavy atom. The lowest BCUT2D eigenvalue weighted by Gasteiger charge is -2.28. The molecule has 108 valence electrons. The van der Waals surface area contributed by atoms with Crippen LogP contribution in [0.1, 0.15) is 35.2 Å². The van der Waals surface area contributed by atoms with Crippen LogP contribution in [-0.2, 0) is 0 Å². The summed E-state index contributed by atoms with van der Waals surface area (Å²) in [4.78, 5) is 13.3. The summed E-state index contributed by atoms with van der Waals surface area (Å²) in [5.74, 6) is 0. The second-order valence-corrected chi connectivity index (χ2v) is 5.79. The predicted molar refractivity (Wildman–Crippen MR) is 88.1 cm³/mol. The average Bonchev–Trinajstić information content (AvgIpc) is 2.56. The molecule has 0 aromatic heterocycles. The topological polar surface area (TPSA) is 20.3 Å². The molecule has 2 heteroatoms. The highest BCUT2D eigenvalue weighted by Crippen LogP contribution is 2.27. The number of nitrogens with zero attached hydrogens (tertiary/aromatic N) is 1. The number of carbonyl (C=O) groups is 1. The number of benzene rings is 2. The van der Waals surface area contributed by atoms with E-state index in [4.69, 9.17) is 0 Å². The Morgan fingerprint density at radius 2 is 1.67 bits per heavy atom. The number of aryl methyl sites for hydroxylation is 1. The van der Waals surface area contributed by atoms with E-state index >= 15 is 0 Å². The van der Waals surface area contributed by atoms with Gasteiger partial charge in [0.1, 0.15) is 6.29 Å². The Bertz CT molecular complexity index is 625. The molecule has 0 atom stereocenters. The number of rotatable bonds is 3. The molecule has 1 heterocycles. The molecule has 3 rings (SSSR count). The van der Waals surface area contributed by atoms with E-state index in [1.807, 2.05) is 18.2 Å². The van der Waals surface area contributed by atoms with Crippen LogP contribution in [-0.4, -0.2) is 19.4 Å². The highest BCUT2D eigenvalue weighted by Gasteiger charge is 2.11. The van der Waals surface area contributed by atoms with Crippen molar-refractivity contribution in [1.82, 2.24) is 0 Å². The molecule has 0 aliphatic carbocycles. The zero-order valence-corrected chi connectivity index (χ0v) is 12.5. The van der Waals surface area contributed by atoms with Gasteiger partial charge in [-0.05, 0) is 61.1 Å². The first-order valence-corrected chi connectivity index (χ1v) is 7.69. The summed E-state index contributed by atoms with van der Waals surface area (Å²) in [5, 5.41) is 0. The minimum Gasteiger partial charge on any atom is -0.372 e. The first-order chi connectivity index (χ1) is 10.3. The summed E-state index contributed by atoms with van der Waals surface area (Å²) < 4.78 is 0.